The third kappa shape index (κ3) is 5.68. The Morgan fingerprint density at radius 2 is 1.71 bits per heavy atom. The van der Waals surface area contributed by atoms with Crippen molar-refractivity contribution in [2.75, 3.05) is 6.54 Å². The SMILES string of the molecule is CC1=CCCC2(C)C(CCC2(O)CN(Cc2ccccc2)C(=O)C23CCC(C)(C(=O)O2)C3(C)C)c2ccc(cc2C(=O)c2ccco2)CC(O)CC1. The lowest BCUT2D eigenvalue weighted by Crippen LogP contribution is -2.60. The highest BCUT2D eigenvalue weighted by Gasteiger charge is 2.76. The minimum absolute atomic E-state index is 0.0499. The Bertz CT molecular complexity index is 1880. The van der Waals surface area contributed by atoms with Gasteiger partial charge in [-0.05, 0) is 112 Å². The lowest BCUT2D eigenvalue weighted by atomic mass is 9.64. The van der Waals surface area contributed by atoms with E-state index < -0.39 is 33.6 Å². The van der Waals surface area contributed by atoms with E-state index in [0.29, 0.717) is 56.9 Å². The van der Waals surface area contributed by atoms with E-state index in [1.807, 2.05) is 69.3 Å². The molecule has 4 bridgehead atoms. The van der Waals surface area contributed by atoms with Gasteiger partial charge in [-0.2, -0.15) is 0 Å². The Hall–Kier alpha value is -4.01. The van der Waals surface area contributed by atoms with Crippen molar-refractivity contribution in [3.63, 3.8) is 0 Å². The quantitative estimate of drug-likeness (QED) is 0.147. The molecule has 5 aliphatic rings. The van der Waals surface area contributed by atoms with Crippen molar-refractivity contribution in [3.8, 4) is 0 Å². The fourth-order valence-electron chi connectivity index (χ4n) is 10.0. The minimum atomic E-state index is -1.34. The van der Waals surface area contributed by atoms with E-state index in [2.05, 4.69) is 19.9 Å². The largest absolute Gasteiger partial charge is 0.461 e. The van der Waals surface area contributed by atoms with Gasteiger partial charge in [-0.3, -0.25) is 14.4 Å². The fourth-order valence-corrected chi connectivity index (χ4v) is 10.0. The van der Waals surface area contributed by atoms with Gasteiger partial charge in [0.05, 0.1) is 29.9 Å². The Morgan fingerprint density at radius 3 is 2.38 bits per heavy atom. The van der Waals surface area contributed by atoms with Crippen molar-refractivity contribution < 1.29 is 33.8 Å². The van der Waals surface area contributed by atoms with Crippen molar-refractivity contribution in [1.29, 1.82) is 0 Å². The average molecular weight is 708 g/mol. The number of hydrogen-bond acceptors (Lipinski definition) is 7. The number of furan rings is 1. The number of carbonyl (C=O) groups is 3. The monoisotopic (exact) mass is 707 g/mol. The second-order valence-electron chi connectivity index (χ2n) is 17.1. The van der Waals surface area contributed by atoms with Gasteiger partial charge in [-0.1, -0.05) is 74.9 Å². The number of ether oxygens (including phenoxy) is 1. The highest BCUT2D eigenvalue weighted by Crippen LogP contribution is 2.66. The van der Waals surface area contributed by atoms with Crippen LogP contribution >= 0.6 is 0 Å². The molecule has 6 atom stereocenters. The van der Waals surface area contributed by atoms with Gasteiger partial charge in [0, 0.05) is 22.9 Å². The Morgan fingerprint density at radius 1 is 0.942 bits per heavy atom. The first-order chi connectivity index (χ1) is 24.6. The molecule has 4 aliphatic carbocycles. The molecule has 2 saturated carbocycles. The summed E-state index contributed by atoms with van der Waals surface area (Å²) in [6.45, 7) is 10.4. The molecule has 8 rings (SSSR count). The average Bonchev–Trinajstić information content (AvgIpc) is 3.82. The molecule has 1 saturated heterocycles. The van der Waals surface area contributed by atoms with E-state index in [1.165, 1.54) is 11.8 Å². The number of esters is 1. The summed E-state index contributed by atoms with van der Waals surface area (Å²) in [7, 11) is 0. The predicted molar refractivity (Wildman–Crippen MR) is 197 cm³/mol. The maximum Gasteiger partial charge on any atom is 0.313 e. The van der Waals surface area contributed by atoms with Gasteiger partial charge < -0.3 is 24.3 Å². The highest BCUT2D eigenvalue weighted by molar-refractivity contribution is 6.08. The van der Waals surface area contributed by atoms with Crippen molar-refractivity contribution in [1.82, 2.24) is 4.90 Å². The number of fused-ring (bicyclic) bond motifs is 10. The summed E-state index contributed by atoms with van der Waals surface area (Å²) < 4.78 is 11.7. The molecule has 276 valence electrons. The molecule has 1 aliphatic heterocycles. The first-order valence-corrected chi connectivity index (χ1v) is 19.0. The number of nitrogens with zero attached hydrogens (tertiary/aromatic N) is 1. The first kappa shape index (κ1) is 36.4. The number of carbonyl (C=O) groups excluding carboxylic acids is 3. The summed E-state index contributed by atoms with van der Waals surface area (Å²) in [4.78, 5) is 44.3. The Labute approximate surface area is 307 Å². The number of aliphatic hydroxyl groups excluding tert-OH is 1. The summed E-state index contributed by atoms with van der Waals surface area (Å²) in [6, 6.07) is 19.0. The van der Waals surface area contributed by atoms with Crippen LogP contribution in [0.25, 0.3) is 0 Å². The van der Waals surface area contributed by atoms with Gasteiger partial charge in [0.2, 0.25) is 5.78 Å². The molecule has 3 fully saturated rings. The maximum atomic E-state index is 15.1. The molecule has 8 heteroatoms. The van der Waals surface area contributed by atoms with Crippen molar-refractivity contribution in [3.05, 3.63) is 107 Å². The number of ketones is 1. The highest BCUT2D eigenvalue weighted by atomic mass is 16.6. The topological polar surface area (TPSA) is 117 Å². The van der Waals surface area contributed by atoms with Crippen LogP contribution < -0.4 is 0 Å². The van der Waals surface area contributed by atoms with Gasteiger partial charge in [0.25, 0.3) is 5.91 Å². The molecular weight excluding hydrogens is 654 g/mol. The second-order valence-corrected chi connectivity index (χ2v) is 17.1. The van der Waals surface area contributed by atoms with Gasteiger partial charge in [-0.15, -0.1) is 0 Å². The molecule has 52 heavy (non-hydrogen) atoms. The number of aliphatic hydroxyl groups is 2. The van der Waals surface area contributed by atoms with Crippen LogP contribution in [0.5, 0.6) is 0 Å². The second kappa shape index (κ2) is 13.1. The fraction of sp³-hybridized carbons (Fsp3) is 0.523. The van der Waals surface area contributed by atoms with Gasteiger partial charge in [-0.25, -0.2) is 0 Å². The molecule has 1 amide bonds. The molecule has 3 aromatic rings. The molecule has 8 nitrogen and oxygen atoms in total. The number of allylic oxidation sites excluding steroid dienone is 2. The molecule has 1 aromatic heterocycles. The van der Waals surface area contributed by atoms with Crippen molar-refractivity contribution in [2.45, 2.75) is 122 Å². The summed E-state index contributed by atoms with van der Waals surface area (Å²) >= 11 is 0. The van der Waals surface area contributed by atoms with E-state index in [1.54, 1.807) is 17.0 Å². The predicted octanol–water partition coefficient (Wildman–Crippen LogP) is 7.70. The molecule has 2 aromatic carbocycles. The van der Waals surface area contributed by atoms with Crippen LogP contribution in [-0.2, 0) is 27.3 Å². The molecular formula is C44H53NO7. The van der Waals surface area contributed by atoms with Crippen LogP contribution in [-0.4, -0.2) is 56.6 Å². The lowest BCUT2D eigenvalue weighted by molar-refractivity contribution is -0.178. The van der Waals surface area contributed by atoms with E-state index in [4.69, 9.17) is 9.15 Å². The van der Waals surface area contributed by atoms with Crippen LogP contribution in [0.1, 0.15) is 125 Å². The molecule has 6 unspecified atom stereocenters. The van der Waals surface area contributed by atoms with Crippen LogP contribution in [0, 0.1) is 16.2 Å². The Balaban J connectivity index is 1.32. The number of rotatable bonds is 7. The molecule has 0 spiro atoms. The van der Waals surface area contributed by atoms with Gasteiger partial charge in [0.1, 0.15) is 0 Å². The zero-order chi connectivity index (χ0) is 37.1. The molecule has 0 radical (unpaired) electrons. The minimum Gasteiger partial charge on any atom is -0.461 e. The third-order valence-corrected chi connectivity index (χ3v) is 14.0. The summed E-state index contributed by atoms with van der Waals surface area (Å²) in [6.07, 6.45) is 8.27. The van der Waals surface area contributed by atoms with E-state index in [0.717, 1.165) is 23.1 Å². The van der Waals surface area contributed by atoms with E-state index in [9.17, 15) is 19.8 Å². The number of hydrogen-bond donors (Lipinski definition) is 2. The zero-order valence-electron chi connectivity index (χ0n) is 31.2. The molecule has 2 N–H and O–H groups in total. The summed E-state index contributed by atoms with van der Waals surface area (Å²) in [5.41, 5.74) is -0.586. The third-order valence-electron chi connectivity index (χ3n) is 14.0. The maximum absolute atomic E-state index is 15.1. The van der Waals surface area contributed by atoms with E-state index >= 15 is 4.79 Å². The van der Waals surface area contributed by atoms with Crippen LogP contribution in [0.4, 0.5) is 0 Å². The number of benzene rings is 2. The lowest BCUT2D eigenvalue weighted by Gasteiger charge is -2.47. The first-order valence-electron chi connectivity index (χ1n) is 19.0. The van der Waals surface area contributed by atoms with E-state index in [-0.39, 0.29) is 42.4 Å². The van der Waals surface area contributed by atoms with Gasteiger partial charge >= 0.3 is 5.97 Å². The smallest absolute Gasteiger partial charge is 0.313 e. The normalized spacial score (nSPS) is 32.5. The summed E-state index contributed by atoms with van der Waals surface area (Å²) in [5.74, 6) is -0.799. The van der Waals surface area contributed by atoms with Crippen molar-refractivity contribution >= 4 is 17.7 Å². The standard InChI is InChI=1S/C44H53NO7/c1-29-11-9-20-41(4)35(33-18-16-31(25-32(46)17-15-29)26-34(33)37(47)36-14-10-24-51-36)19-21-43(41,50)28-45(27-30-12-7-6-8-13-30)38(48)44-23-22-42(5,39(49)52-44)40(44,2)3/h6-8,10-14,16,18,24,26,32,35,46,50H,9,15,17,19-23,25,27-28H2,1-5H3. The van der Waals surface area contributed by atoms with Crippen molar-refractivity contribution in [2.24, 2.45) is 16.2 Å². The zero-order valence-corrected chi connectivity index (χ0v) is 31.2. The van der Waals surface area contributed by atoms with Gasteiger partial charge in [0.15, 0.2) is 11.4 Å². The number of amides is 1. The summed E-state index contributed by atoms with van der Waals surface area (Å²) in [5, 5.41) is 24.1. The molecule has 2 heterocycles. The van der Waals surface area contributed by atoms with Crippen LogP contribution in [0.2, 0.25) is 0 Å². The Kier molecular flexibility index (Phi) is 9.18. The van der Waals surface area contributed by atoms with Crippen LogP contribution in [0.3, 0.4) is 0 Å². The van der Waals surface area contributed by atoms with Crippen LogP contribution in [0.15, 0.2) is 83.0 Å².